The van der Waals surface area contributed by atoms with E-state index >= 15 is 0 Å². The van der Waals surface area contributed by atoms with Crippen LogP contribution in [0.4, 0.5) is 0 Å². The number of benzene rings is 1. The second kappa shape index (κ2) is 5.85. The van der Waals surface area contributed by atoms with Gasteiger partial charge in [-0.1, -0.05) is 0 Å². The number of carbonyl (C=O) groups is 2. The Balaban J connectivity index is 3.30. The Morgan fingerprint density at radius 2 is 1.88 bits per heavy atom. The second-order valence-electron chi connectivity index (χ2n) is 3.06. The van der Waals surface area contributed by atoms with Crippen LogP contribution in [-0.4, -0.2) is 30.8 Å². The monoisotopic (exact) mass is 350 g/mol. The van der Waals surface area contributed by atoms with E-state index in [1.54, 1.807) is 6.92 Å². The van der Waals surface area contributed by atoms with Gasteiger partial charge in [0.15, 0.2) is 0 Å². The van der Waals surface area contributed by atoms with Crippen molar-refractivity contribution in [2.45, 2.75) is 6.92 Å². The number of hydrogen-bond acceptors (Lipinski definition) is 5. The molecular formula is C11H11IO5. The molecule has 0 aliphatic heterocycles. The van der Waals surface area contributed by atoms with E-state index in [0.29, 0.717) is 3.57 Å². The van der Waals surface area contributed by atoms with Crippen LogP contribution in [0.3, 0.4) is 0 Å². The maximum absolute atomic E-state index is 11.6. The third-order valence-electron chi connectivity index (χ3n) is 1.99. The molecule has 0 aliphatic carbocycles. The smallest absolute Gasteiger partial charge is 0.339 e. The van der Waals surface area contributed by atoms with Crippen molar-refractivity contribution in [3.63, 3.8) is 0 Å². The molecule has 0 aliphatic rings. The van der Waals surface area contributed by atoms with E-state index in [9.17, 15) is 14.7 Å². The highest BCUT2D eigenvalue weighted by Crippen LogP contribution is 2.25. The summed E-state index contributed by atoms with van der Waals surface area (Å²) in [5, 5.41) is 9.51. The minimum Gasteiger partial charge on any atom is -0.507 e. The largest absolute Gasteiger partial charge is 0.507 e. The first-order valence-electron chi connectivity index (χ1n) is 4.79. The van der Waals surface area contributed by atoms with E-state index in [1.165, 1.54) is 19.2 Å². The summed E-state index contributed by atoms with van der Waals surface area (Å²) in [6.45, 7) is 1.87. The molecule has 1 aromatic rings. The zero-order valence-electron chi connectivity index (χ0n) is 9.32. The molecule has 92 valence electrons. The molecule has 0 saturated heterocycles. The Hall–Kier alpha value is -1.31. The summed E-state index contributed by atoms with van der Waals surface area (Å²) in [7, 11) is 1.20. The van der Waals surface area contributed by atoms with Crippen LogP contribution in [-0.2, 0) is 9.47 Å². The second-order valence-corrected chi connectivity index (χ2v) is 4.22. The van der Waals surface area contributed by atoms with Crippen molar-refractivity contribution in [2.24, 2.45) is 0 Å². The average Bonchev–Trinajstić information content (AvgIpc) is 2.31. The SMILES string of the molecule is CCOC(=O)c1cc(I)c(O)cc1C(=O)OC. The lowest BCUT2D eigenvalue weighted by atomic mass is 10.1. The highest BCUT2D eigenvalue weighted by atomic mass is 127. The van der Waals surface area contributed by atoms with Crippen molar-refractivity contribution in [1.29, 1.82) is 0 Å². The maximum Gasteiger partial charge on any atom is 0.339 e. The first-order valence-corrected chi connectivity index (χ1v) is 5.87. The number of hydrogen-bond donors (Lipinski definition) is 1. The third-order valence-corrected chi connectivity index (χ3v) is 2.85. The quantitative estimate of drug-likeness (QED) is 0.667. The summed E-state index contributed by atoms with van der Waals surface area (Å²) in [6.07, 6.45) is 0. The minimum absolute atomic E-state index is 0.0103. The molecule has 1 aromatic carbocycles. The summed E-state index contributed by atoms with van der Waals surface area (Å²) < 4.78 is 9.82. The molecule has 0 bridgehead atoms. The molecule has 0 aromatic heterocycles. The van der Waals surface area contributed by atoms with Crippen molar-refractivity contribution in [1.82, 2.24) is 0 Å². The van der Waals surface area contributed by atoms with Crippen LogP contribution in [0.2, 0.25) is 0 Å². The van der Waals surface area contributed by atoms with Gasteiger partial charge in [0.1, 0.15) is 5.75 Å². The number of rotatable bonds is 3. The molecule has 0 heterocycles. The first kappa shape index (κ1) is 13.8. The topological polar surface area (TPSA) is 72.8 Å². The highest BCUT2D eigenvalue weighted by Gasteiger charge is 2.21. The minimum atomic E-state index is -0.695. The van der Waals surface area contributed by atoms with Gasteiger partial charge in [0.05, 0.1) is 28.4 Å². The van der Waals surface area contributed by atoms with E-state index in [-0.39, 0.29) is 23.5 Å². The van der Waals surface area contributed by atoms with Gasteiger partial charge in [-0.2, -0.15) is 0 Å². The summed E-state index contributed by atoms with van der Waals surface area (Å²) in [5.41, 5.74) is 0.0739. The van der Waals surface area contributed by atoms with Crippen LogP contribution in [0.25, 0.3) is 0 Å². The first-order chi connectivity index (χ1) is 8.01. The number of methoxy groups -OCH3 is 1. The van der Waals surface area contributed by atoms with Gasteiger partial charge in [0.2, 0.25) is 0 Å². The molecule has 0 saturated carbocycles. The fraction of sp³-hybridized carbons (Fsp3) is 0.273. The number of esters is 2. The van der Waals surface area contributed by atoms with Gasteiger partial charge in [0, 0.05) is 0 Å². The zero-order chi connectivity index (χ0) is 13.0. The van der Waals surface area contributed by atoms with Crippen molar-refractivity contribution in [3.05, 3.63) is 26.8 Å². The lowest BCUT2D eigenvalue weighted by Gasteiger charge is -2.09. The van der Waals surface area contributed by atoms with Crippen molar-refractivity contribution >= 4 is 34.5 Å². The predicted octanol–water partition coefficient (Wildman–Crippen LogP) is 1.96. The highest BCUT2D eigenvalue weighted by molar-refractivity contribution is 14.1. The molecule has 1 N–H and O–H groups in total. The van der Waals surface area contributed by atoms with Gasteiger partial charge in [-0.15, -0.1) is 0 Å². The van der Waals surface area contributed by atoms with Gasteiger partial charge < -0.3 is 14.6 Å². The molecule has 17 heavy (non-hydrogen) atoms. The molecule has 0 unspecified atom stereocenters. The fourth-order valence-corrected chi connectivity index (χ4v) is 1.69. The molecule has 0 amide bonds. The van der Waals surface area contributed by atoms with Gasteiger partial charge in [-0.05, 0) is 41.6 Å². The van der Waals surface area contributed by atoms with Crippen LogP contribution >= 0.6 is 22.6 Å². The maximum atomic E-state index is 11.6. The third kappa shape index (κ3) is 3.09. The Kier molecular flexibility index (Phi) is 4.73. The number of carbonyl (C=O) groups excluding carboxylic acids is 2. The number of halogens is 1. The lowest BCUT2D eigenvalue weighted by molar-refractivity contribution is 0.0504. The summed E-state index contributed by atoms with van der Waals surface area (Å²) in [6, 6.07) is 2.58. The number of ether oxygens (including phenoxy) is 2. The standard InChI is InChI=1S/C11H11IO5/c1-3-17-11(15)6-4-8(12)9(13)5-7(6)10(14)16-2/h4-5,13H,3H2,1-2H3. The summed E-state index contributed by atoms with van der Waals surface area (Å²) in [4.78, 5) is 23.1. The van der Waals surface area contributed by atoms with Gasteiger partial charge in [-0.3, -0.25) is 0 Å². The molecule has 5 nitrogen and oxygen atoms in total. The van der Waals surface area contributed by atoms with E-state index in [2.05, 4.69) is 4.74 Å². The Bertz CT molecular complexity index is 455. The summed E-state index contributed by atoms with van der Waals surface area (Å²) in [5.74, 6) is -1.40. The molecule has 6 heteroatoms. The van der Waals surface area contributed by atoms with Crippen molar-refractivity contribution in [3.8, 4) is 5.75 Å². The van der Waals surface area contributed by atoms with E-state index in [4.69, 9.17) is 4.74 Å². The van der Waals surface area contributed by atoms with E-state index in [0.717, 1.165) is 0 Å². The van der Waals surface area contributed by atoms with Crippen LogP contribution in [0.1, 0.15) is 27.6 Å². The Morgan fingerprint density at radius 1 is 1.29 bits per heavy atom. The molecule has 0 fully saturated rings. The van der Waals surface area contributed by atoms with Crippen LogP contribution in [0.5, 0.6) is 5.75 Å². The van der Waals surface area contributed by atoms with Gasteiger partial charge in [-0.25, -0.2) is 9.59 Å². The number of aromatic hydroxyl groups is 1. The van der Waals surface area contributed by atoms with Crippen LogP contribution in [0, 0.1) is 3.57 Å². The Morgan fingerprint density at radius 3 is 2.41 bits per heavy atom. The van der Waals surface area contributed by atoms with E-state index in [1.807, 2.05) is 22.6 Å². The number of phenolic OH excluding ortho intramolecular Hbond substituents is 1. The van der Waals surface area contributed by atoms with Gasteiger partial charge in [0.25, 0.3) is 0 Å². The van der Waals surface area contributed by atoms with Crippen LogP contribution < -0.4 is 0 Å². The average molecular weight is 350 g/mol. The molecule has 0 atom stereocenters. The molecule has 0 spiro atoms. The molecule has 0 radical (unpaired) electrons. The summed E-state index contributed by atoms with van der Waals surface area (Å²) >= 11 is 1.85. The van der Waals surface area contributed by atoms with Crippen molar-refractivity contribution in [2.75, 3.05) is 13.7 Å². The zero-order valence-corrected chi connectivity index (χ0v) is 11.5. The normalized spacial score (nSPS) is 9.82. The molecule has 1 rings (SSSR count). The van der Waals surface area contributed by atoms with Gasteiger partial charge >= 0.3 is 11.9 Å². The number of phenols is 1. The predicted molar refractivity (Wildman–Crippen MR) is 68.1 cm³/mol. The Labute approximate surface area is 112 Å². The fourth-order valence-electron chi connectivity index (χ4n) is 1.22. The van der Waals surface area contributed by atoms with Crippen molar-refractivity contribution < 1.29 is 24.2 Å². The van der Waals surface area contributed by atoms with E-state index < -0.39 is 11.9 Å². The van der Waals surface area contributed by atoms with Crippen LogP contribution in [0.15, 0.2) is 12.1 Å². The lowest BCUT2D eigenvalue weighted by Crippen LogP contribution is -2.13. The molecular weight excluding hydrogens is 339 g/mol.